The van der Waals surface area contributed by atoms with E-state index in [9.17, 15) is 4.79 Å². The van der Waals surface area contributed by atoms with Gasteiger partial charge in [-0.15, -0.1) is 0 Å². The first kappa shape index (κ1) is 24.7. The fraction of sp³-hybridized carbons (Fsp3) is 0.444. The zero-order valence-corrected chi connectivity index (χ0v) is 20.8. The number of ether oxygens (including phenoxy) is 5. The molecule has 8 nitrogen and oxygen atoms in total. The van der Waals surface area contributed by atoms with Crippen LogP contribution >= 0.6 is 0 Å². The number of likely N-dealkylation sites (tertiary alicyclic amines) is 1. The van der Waals surface area contributed by atoms with Crippen molar-refractivity contribution in [3.05, 3.63) is 40.6 Å². The Hall–Kier alpha value is -3.39. The van der Waals surface area contributed by atoms with Crippen LogP contribution in [-0.4, -0.2) is 59.6 Å². The van der Waals surface area contributed by atoms with Crippen molar-refractivity contribution in [2.75, 3.05) is 54.7 Å². The van der Waals surface area contributed by atoms with Crippen LogP contribution < -0.4 is 29.1 Å². The van der Waals surface area contributed by atoms with E-state index in [4.69, 9.17) is 28.1 Å². The van der Waals surface area contributed by atoms with Crippen molar-refractivity contribution in [2.24, 2.45) is 0 Å². The summed E-state index contributed by atoms with van der Waals surface area (Å²) in [5.41, 5.74) is 0.658. The van der Waals surface area contributed by atoms with E-state index in [2.05, 4.69) is 4.90 Å². The zero-order chi connectivity index (χ0) is 24.8. The van der Waals surface area contributed by atoms with Crippen molar-refractivity contribution in [2.45, 2.75) is 25.7 Å². The van der Waals surface area contributed by atoms with E-state index in [-0.39, 0.29) is 16.9 Å². The molecule has 2 heterocycles. The maximum Gasteiger partial charge on any atom is 0.239 e. The summed E-state index contributed by atoms with van der Waals surface area (Å²) in [6, 6.07) is 8.67. The monoisotopic (exact) mass is 483 g/mol. The first-order valence-electron chi connectivity index (χ1n) is 11.9. The van der Waals surface area contributed by atoms with Crippen molar-refractivity contribution in [3.63, 3.8) is 0 Å². The Bertz CT molecular complexity index is 1210. The third-order valence-corrected chi connectivity index (χ3v) is 6.30. The van der Waals surface area contributed by atoms with Gasteiger partial charge in [-0.3, -0.25) is 4.79 Å². The lowest BCUT2D eigenvalue weighted by molar-refractivity contribution is 0.280. The van der Waals surface area contributed by atoms with E-state index >= 15 is 0 Å². The van der Waals surface area contributed by atoms with Crippen molar-refractivity contribution >= 4 is 11.0 Å². The van der Waals surface area contributed by atoms with E-state index in [1.165, 1.54) is 33.0 Å². The summed E-state index contributed by atoms with van der Waals surface area (Å²) in [6.45, 7) is 3.94. The Morgan fingerprint density at radius 2 is 1.63 bits per heavy atom. The van der Waals surface area contributed by atoms with Gasteiger partial charge in [0.1, 0.15) is 22.5 Å². The van der Waals surface area contributed by atoms with Crippen molar-refractivity contribution in [1.82, 2.24) is 4.90 Å². The molecule has 0 spiro atoms. The summed E-state index contributed by atoms with van der Waals surface area (Å²) in [4.78, 5) is 16.0. The van der Waals surface area contributed by atoms with Gasteiger partial charge in [0.25, 0.3) is 0 Å². The molecular formula is C27H33NO7. The molecule has 0 saturated carbocycles. The third-order valence-electron chi connectivity index (χ3n) is 6.30. The standard InChI is InChI=1S/C27H33NO7/c1-30-19-16-22(34-14-8-7-13-28-11-5-6-12-28)24-23(17-19)35-26(27(33-4)25(24)29)18-9-10-20(31-2)21(15-18)32-3/h9-10,15-17H,5-8,11-14H2,1-4H3. The quantitative estimate of drug-likeness (QED) is 0.362. The Kier molecular flexibility index (Phi) is 8.02. The highest BCUT2D eigenvalue weighted by Gasteiger charge is 2.22. The molecular weight excluding hydrogens is 450 g/mol. The summed E-state index contributed by atoms with van der Waals surface area (Å²) in [5.74, 6) is 2.42. The van der Waals surface area contributed by atoms with Gasteiger partial charge in [0.2, 0.25) is 11.2 Å². The van der Waals surface area contributed by atoms with E-state index in [0.717, 1.165) is 19.4 Å². The summed E-state index contributed by atoms with van der Waals surface area (Å²) in [5, 5.41) is 0.325. The third kappa shape index (κ3) is 5.32. The average Bonchev–Trinajstić information content (AvgIpc) is 3.41. The molecule has 0 unspecified atom stereocenters. The van der Waals surface area contributed by atoms with Gasteiger partial charge in [-0.1, -0.05) is 0 Å². The second-order valence-corrected chi connectivity index (χ2v) is 8.47. The van der Waals surface area contributed by atoms with Gasteiger partial charge in [-0.05, 0) is 63.5 Å². The molecule has 0 N–H and O–H groups in total. The molecule has 0 amide bonds. The lowest BCUT2D eigenvalue weighted by atomic mass is 10.1. The number of fused-ring (bicyclic) bond motifs is 1. The predicted molar refractivity (Wildman–Crippen MR) is 135 cm³/mol. The highest BCUT2D eigenvalue weighted by atomic mass is 16.5. The summed E-state index contributed by atoms with van der Waals surface area (Å²) in [7, 11) is 6.13. The molecule has 3 aromatic rings. The van der Waals surface area contributed by atoms with E-state index in [0.29, 0.717) is 46.1 Å². The van der Waals surface area contributed by atoms with Gasteiger partial charge in [0.15, 0.2) is 17.3 Å². The van der Waals surface area contributed by atoms with Crippen molar-refractivity contribution in [3.8, 4) is 40.1 Å². The SMILES string of the molecule is COc1cc(OCCCCN2CCCC2)c2c(=O)c(OC)c(-c3ccc(OC)c(OC)c3)oc2c1. The van der Waals surface area contributed by atoms with Gasteiger partial charge in [-0.25, -0.2) is 0 Å². The van der Waals surface area contributed by atoms with E-state index in [1.54, 1.807) is 51.7 Å². The second-order valence-electron chi connectivity index (χ2n) is 8.47. The fourth-order valence-corrected chi connectivity index (χ4v) is 4.45. The average molecular weight is 484 g/mol. The molecule has 0 aliphatic carbocycles. The topological polar surface area (TPSA) is 79.6 Å². The van der Waals surface area contributed by atoms with Crippen LogP contribution in [-0.2, 0) is 0 Å². The van der Waals surface area contributed by atoms with Crippen LogP contribution in [0.1, 0.15) is 25.7 Å². The molecule has 188 valence electrons. The minimum atomic E-state index is -0.312. The van der Waals surface area contributed by atoms with Crippen LogP contribution in [0.25, 0.3) is 22.3 Å². The maximum atomic E-state index is 13.5. The summed E-state index contributed by atoms with van der Waals surface area (Å²) < 4.78 is 34.0. The first-order chi connectivity index (χ1) is 17.1. The van der Waals surface area contributed by atoms with Crippen molar-refractivity contribution < 1.29 is 28.1 Å². The van der Waals surface area contributed by atoms with Crippen LogP contribution in [0.15, 0.2) is 39.5 Å². The van der Waals surface area contributed by atoms with Gasteiger partial charge < -0.3 is 33.0 Å². The predicted octanol–water partition coefficient (Wildman–Crippen LogP) is 4.75. The van der Waals surface area contributed by atoms with Crippen LogP contribution in [0.2, 0.25) is 0 Å². The number of benzene rings is 2. The summed E-state index contributed by atoms with van der Waals surface area (Å²) >= 11 is 0. The Labute approximate surface area is 205 Å². The van der Waals surface area contributed by atoms with Crippen LogP contribution in [0, 0.1) is 0 Å². The number of methoxy groups -OCH3 is 4. The van der Waals surface area contributed by atoms with Gasteiger partial charge in [0, 0.05) is 17.7 Å². The molecule has 0 atom stereocenters. The Morgan fingerprint density at radius 1 is 0.857 bits per heavy atom. The summed E-state index contributed by atoms with van der Waals surface area (Å²) in [6.07, 6.45) is 4.51. The Balaban J connectivity index is 1.67. The van der Waals surface area contributed by atoms with Crippen LogP contribution in [0.4, 0.5) is 0 Å². The Morgan fingerprint density at radius 3 is 2.31 bits per heavy atom. The molecule has 35 heavy (non-hydrogen) atoms. The molecule has 0 bridgehead atoms. The number of rotatable bonds is 11. The molecule has 1 aliphatic heterocycles. The first-order valence-corrected chi connectivity index (χ1v) is 11.9. The maximum absolute atomic E-state index is 13.5. The number of nitrogens with zero attached hydrogens (tertiary/aromatic N) is 1. The van der Waals surface area contributed by atoms with Gasteiger partial charge >= 0.3 is 0 Å². The minimum absolute atomic E-state index is 0.0915. The molecule has 1 fully saturated rings. The van der Waals surface area contributed by atoms with E-state index < -0.39 is 0 Å². The van der Waals surface area contributed by atoms with Gasteiger partial charge in [-0.2, -0.15) is 0 Å². The number of hydrogen-bond donors (Lipinski definition) is 0. The number of hydrogen-bond acceptors (Lipinski definition) is 8. The minimum Gasteiger partial charge on any atom is -0.496 e. The molecule has 4 rings (SSSR count). The highest BCUT2D eigenvalue weighted by Crippen LogP contribution is 2.39. The number of unbranched alkanes of at least 4 members (excludes halogenated alkanes) is 1. The molecule has 1 aliphatic rings. The highest BCUT2D eigenvalue weighted by molar-refractivity contribution is 5.88. The van der Waals surface area contributed by atoms with Crippen molar-refractivity contribution in [1.29, 1.82) is 0 Å². The molecule has 1 saturated heterocycles. The largest absolute Gasteiger partial charge is 0.496 e. The normalized spacial score (nSPS) is 13.7. The molecule has 8 heteroatoms. The molecule has 2 aromatic carbocycles. The van der Waals surface area contributed by atoms with Gasteiger partial charge in [0.05, 0.1) is 35.0 Å². The van der Waals surface area contributed by atoms with E-state index in [1.807, 2.05) is 0 Å². The smallest absolute Gasteiger partial charge is 0.239 e. The zero-order valence-electron chi connectivity index (χ0n) is 20.8. The lowest BCUT2D eigenvalue weighted by Crippen LogP contribution is -2.20. The molecule has 0 radical (unpaired) electrons. The molecule has 1 aromatic heterocycles. The van der Waals surface area contributed by atoms with Crippen LogP contribution in [0.5, 0.6) is 28.7 Å². The fourth-order valence-electron chi connectivity index (χ4n) is 4.45. The van der Waals surface area contributed by atoms with Crippen LogP contribution in [0.3, 0.4) is 0 Å². The second kappa shape index (κ2) is 11.4. The lowest BCUT2D eigenvalue weighted by Gasteiger charge is -2.16.